The van der Waals surface area contributed by atoms with Crippen molar-refractivity contribution >= 4 is 0 Å². The zero-order valence-corrected chi connectivity index (χ0v) is 6.54. The molecule has 1 heterocycles. The van der Waals surface area contributed by atoms with Crippen molar-refractivity contribution in [1.82, 2.24) is 0 Å². The van der Waals surface area contributed by atoms with Gasteiger partial charge in [0.25, 0.3) is 6.48 Å². The van der Waals surface area contributed by atoms with Gasteiger partial charge in [0.2, 0.25) is 0 Å². The van der Waals surface area contributed by atoms with Crippen LogP contribution in [0.2, 0.25) is 0 Å². The average Bonchev–Trinajstić information content (AvgIpc) is 1.97. The van der Waals surface area contributed by atoms with Crippen molar-refractivity contribution in [3.63, 3.8) is 0 Å². The molecule has 11 heavy (non-hydrogen) atoms. The molecule has 3 nitrogen and oxygen atoms in total. The van der Waals surface area contributed by atoms with Gasteiger partial charge in [-0.15, -0.1) is 12.3 Å². The van der Waals surface area contributed by atoms with Gasteiger partial charge >= 0.3 is 0 Å². The van der Waals surface area contributed by atoms with Crippen molar-refractivity contribution in [2.75, 3.05) is 13.2 Å². The lowest BCUT2D eigenvalue weighted by atomic mass is 9.89. The fourth-order valence-electron chi connectivity index (χ4n) is 0.983. The van der Waals surface area contributed by atoms with E-state index in [4.69, 9.17) is 21.0 Å². The minimum atomic E-state index is -1.07. The van der Waals surface area contributed by atoms with Crippen molar-refractivity contribution in [3.8, 4) is 12.3 Å². The molecule has 0 bridgehead atoms. The van der Waals surface area contributed by atoms with Gasteiger partial charge in [0.15, 0.2) is 0 Å². The largest absolute Gasteiger partial charge is 0.346 e. The maximum absolute atomic E-state index is 8.81. The summed E-state index contributed by atoms with van der Waals surface area (Å²) in [4.78, 5) is 0. The standard InChI is InChI=1S/C8H12O3/c1-3-4-8(2)5-10-7(9)11-6-8/h1,7,9H,4-6H2,2H3. The van der Waals surface area contributed by atoms with E-state index in [1.807, 2.05) is 6.92 Å². The van der Waals surface area contributed by atoms with Gasteiger partial charge in [0, 0.05) is 11.8 Å². The summed E-state index contributed by atoms with van der Waals surface area (Å²) in [6, 6.07) is 0. The second-order valence-electron chi connectivity index (χ2n) is 3.12. The van der Waals surface area contributed by atoms with Gasteiger partial charge in [-0.05, 0) is 0 Å². The summed E-state index contributed by atoms with van der Waals surface area (Å²) in [6.45, 7) is 1.82. The third-order valence-corrected chi connectivity index (χ3v) is 1.68. The number of rotatable bonds is 1. The van der Waals surface area contributed by atoms with Crippen LogP contribution in [0.1, 0.15) is 13.3 Å². The molecule has 3 heteroatoms. The Morgan fingerprint density at radius 2 is 2.18 bits per heavy atom. The van der Waals surface area contributed by atoms with Gasteiger partial charge in [0.1, 0.15) is 0 Å². The monoisotopic (exact) mass is 156 g/mol. The molecule has 1 N–H and O–H groups in total. The number of aliphatic hydroxyl groups excluding tert-OH is 1. The molecule has 1 aliphatic heterocycles. The van der Waals surface area contributed by atoms with E-state index in [-0.39, 0.29) is 5.41 Å². The Hall–Kier alpha value is -0.560. The van der Waals surface area contributed by atoms with Crippen LogP contribution in [0.3, 0.4) is 0 Å². The second-order valence-corrected chi connectivity index (χ2v) is 3.12. The summed E-state index contributed by atoms with van der Waals surface area (Å²) in [6.07, 6.45) is 5.77. The minimum Gasteiger partial charge on any atom is -0.346 e. The lowest BCUT2D eigenvalue weighted by Crippen LogP contribution is -2.39. The SMILES string of the molecule is C#CCC1(C)COC(O)OC1. The molecular formula is C8H12O3. The highest BCUT2D eigenvalue weighted by atomic mass is 16.8. The lowest BCUT2D eigenvalue weighted by Gasteiger charge is -2.33. The molecule has 62 valence electrons. The van der Waals surface area contributed by atoms with Crippen LogP contribution in [-0.2, 0) is 9.47 Å². The van der Waals surface area contributed by atoms with Crippen molar-refractivity contribution in [3.05, 3.63) is 0 Å². The normalized spacial score (nSPS) is 38.1. The topological polar surface area (TPSA) is 38.7 Å². The molecule has 0 unspecified atom stereocenters. The van der Waals surface area contributed by atoms with Crippen LogP contribution in [0, 0.1) is 17.8 Å². The van der Waals surface area contributed by atoms with Crippen LogP contribution in [0.5, 0.6) is 0 Å². The van der Waals surface area contributed by atoms with E-state index >= 15 is 0 Å². The number of ether oxygens (including phenoxy) is 2. The van der Waals surface area contributed by atoms with Crippen LogP contribution in [0.4, 0.5) is 0 Å². The van der Waals surface area contributed by atoms with Gasteiger partial charge in [-0.3, -0.25) is 0 Å². The Labute approximate surface area is 66.3 Å². The Bertz CT molecular complexity index is 163. The number of terminal acetylenes is 1. The summed E-state index contributed by atoms with van der Waals surface area (Å²) >= 11 is 0. The molecule has 0 aromatic heterocycles. The fraction of sp³-hybridized carbons (Fsp3) is 0.750. The van der Waals surface area contributed by atoms with Crippen LogP contribution in [-0.4, -0.2) is 24.8 Å². The predicted octanol–water partition coefficient (Wildman–Crippen LogP) is 0.339. The Morgan fingerprint density at radius 1 is 1.64 bits per heavy atom. The molecule has 1 rings (SSSR count). The minimum absolute atomic E-state index is 0.131. The number of hydrogen-bond acceptors (Lipinski definition) is 3. The molecule has 1 saturated heterocycles. The second kappa shape index (κ2) is 3.22. The first-order valence-electron chi connectivity index (χ1n) is 3.51. The summed E-state index contributed by atoms with van der Waals surface area (Å²) in [7, 11) is 0. The summed E-state index contributed by atoms with van der Waals surface area (Å²) in [5.74, 6) is 2.55. The molecule has 0 saturated carbocycles. The molecule has 1 aliphatic rings. The highest BCUT2D eigenvalue weighted by molar-refractivity contribution is 4.93. The van der Waals surface area contributed by atoms with Crippen LogP contribution in [0.15, 0.2) is 0 Å². The highest BCUT2D eigenvalue weighted by Gasteiger charge is 2.30. The van der Waals surface area contributed by atoms with Gasteiger partial charge in [-0.25, -0.2) is 0 Å². The zero-order chi connectivity index (χ0) is 8.32. The van der Waals surface area contributed by atoms with Crippen molar-refractivity contribution in [1.29, 1.82) is 0 Å². The Kier molecular flexibility index (Phi) is 2.50. The molecule has 0 amide bonds. The van der Waals surface area contributed by atoms with E-state index in [9.17, 15) is 0 Å². The zero-order valence-electron chi connectivity index (χ0n) is 6.54. The van der Waals surface area contributed by atoms with Gasteiger partial charge in [-0.2, -0.15) is 0 Å². The quantitative estimate of drug-likeness (QED) is 0.556. The summed E-state index contributed by atoms with van der Waals surface area (Å²) in [5, 5.41) is 8.81. The average molecular weight is 156 g/mol. The predicted molar refractivity (Wildman–Crippen MR) is 39.5 cm³/mol. The molecule has 0 aliphatic carbocycles. The van der Waals surface area contributed by atoms with Crippen molar-refractivity contribution in [2.24, 2.45) is 5.41 Å². The van der Waals surface area contributed by atoms with Crippen LogP contribution < -0.4 is 0 Å². The van der Waals surface area contributed by atoms with Gasteiger partial charge in [0.05, 0.1) is 13.2 Å². The van der Waals surface area contributed by atoms with E-state index in [1.165, 1.54) is 0 Å². The molecule has 0 atom stereocenters. The third kappa shape index (κ3) is 2.19. The third-order valence-electron chi connectivity index (χ3n) is 1.68. The van der Waals surface area contributed by atoms with E-state index in [1.54, 1.807) is 0 Å². The Morgan fingerprint density at radius 3 is 2.64 bits per heavy atom. The van der Waals surface area contributed by atoms with Crippen LogP contribution >= 0.6 is 0 Å². The van der Waals surface area contributed by atoms with Gasteiger partial charge < -0.3 is 14.6 Å². The molecule has 0 aromatic carbocycles. The maximum atomic E-state index is 8.81. The molecule has 1 fully saturated rings. The molecule has 0 aromatic rings. The Balaban J connectivity index is 2.43. The number of aliphatic hydroxyl groups is 1. The number of hydrogen-bond donors (Lipinski definition) is 1. The van der Waals surface area contributed by atoms with E-state index in [2.05, 4.69) is 5.92 Å². The van der Waals surface area contributed by atoms with E-state index < -0.39 is 6.48 Å². The molecule has 0 spiro atoms. The van der Waals surface area contributed by atoms with E-state index in [0.29, 0.717) is 19.6 Å². The highest BCUT2D eigenvalue weighted by Crippen LogP contribution is 2.26. The first-order chi connectivity index (χ1) is 5.16. The van der Waals surface area contributed by atoms with Crippen molar-refractivity contribution in [2.45, 2.75) is 19.8 Å². The smallest absolute Gasteiger partial charge is 0.269 e. The summed E-state index contributed by atoms with van der Waals surface area (Å²) in [5.41, 5.74) is -0.131. The van der Waals surface area contributed by atoms with E-state index in [0.717, 1.165) is 0 Å². The van der Waals surface area contributed by atoms with Gasteiger partial charge in [-0.1, -0.05) is 6.92 Å². The molecule has 0 radical (unpaired) electrons. The van der Waals surface area contributed by atoms with Crippen LogP contribution in [0.25, 0.3) is 0 Å². The maximum Gasteiger partial charge on any atom is 0.269 e. The van der Waals surface area contributed by atoms with Crippen molar-refractivity contribution < 1.29 is 14.6 Å². The first kappa shape index (κ1) is 8.54. The summed E-state index contributed by atoms with van der Waals surface area (Å²) < 4.78 is 9.77. The first-order valence-corrected chi connectivity index (χ1v) is 3.51. The molecular weight excluding hydrogens is 144 g/mol. The lowest BCUT2D eigenvalue weighted by molar-refractivity contribution is -0.316. The fourth-order valence-corrected chi connectivity index (χ4v) is 0.983.